The van der Waals surface area contributed by atoms with Gasteiger partial charge >= 0.3 is 5.97 Å². The minimum absolute atomic E-state index is 0.0662. The Morgan fingerprint density at radius 3 is 2.64 bits per heavy atom. The summed E-state index contributed by atoms with van der Waals surface area (Å²) in [5, 5.41) is 9.33. The zero-order chi connectivity index (χ0) is 18.2. The van der Waals surface area contributed by atoms with Gasteiger partial charge in [-0.05, 0) is 23.8 Å². The molecule has 0 bridgehead atoms. The molecule has 0 saturated carbocycles. The van der Waals surface area contributed by atoms with Gasteiger partial charge < -0.3 is 14.7 Å². The van der Waals surface area contributed by atoms with Crippen molar-refractivity contribution in [3.8, 4) is 5.75 Å². The van der Waals surface area contributed by atoms with Gasteiger partial charge in [0.25, 0.3) is 0 Å². The monoisotopic (exact) mass is 361 g/mol. The zero-order valence-electron chi connectivity index (χ0n) is 13.9. The molecule has 0 spiro atoms. The summed E-state index contributed by atoms with van der Waals surface area (Å²) in [7, 11) is 1.60. The maximum absolute atomic E-state index is 12.1. The molecule has 0 fully saturated rings. The molecule has 6 heteroatoms. The number of ether oxygens (including phenoxy) is 1. The first-order valence-corrected chi connectivity index (χ1v) is 8.24. The fourth-order valence-electron chi connectivity index (χ4n) is 2.22. The van der Waals surface area contributed by atoms with E-state index in [9.17, 15) is 9.59 Å². The number of benzene rings is 2. The summed E-state index contributed by atoms with van der Waals surface area (Å²) < 4.78 is 5.75. The smallest absolute Gasteiger partial charge is 0.305 e. The van der Waals surface area contributed by atoms with Gasteiger partial charge in [0.05, 0.1) is 12.8 Å². The highest BCUT2D eigenvalue weighted by Crippen LogP contribution is 2.19. The SMILES string of the molecule is CN(CCC(=O)O)C(=O)Cc1cccc(OCc2ccccc2Cl)c1. The molecule has 0 aliphatic rings. The third-order valence-electron chi connectivity index (χ3n) is 3.69. The molecular weight excluding hydrogens is 342 g/mol. The quantitative estimate of drug-likeness (QED) is 0.782. The van der Waals surface area contributed by atoms with E-state index < -0.39 is 5.97 Å². The molecule has 5 nitrogen and oxygen atoms in total. The van der Waals surface area contributed by atoms with Crippen molar-refractivity contribution < 1.29 is 19.4 Å². The van der Waals surface area contributed by atoms with Crippen molar-refractivity contribution in [1.82, 2.24) is 4.90 Å². The summed E-state index contributed by atoms with van der Waals surface area (Å²) in [5.41, 5.74) is 1.70. The lowest BCUT2D eigenvalue weighted by molar-refractivity contribution is -0.138. The van der Waals surface area contributed by atoms with Crippen LogP contribution in [0.25, 0.3) is 0 Å². The van der Waals surface area contributed by atoms with Crippen LogP contribution in [-0.4, -0.2) is 35.5 Å². The summed E-state index contributed by atoms with van der Waals surface area (Å²) in [6, 6.07) is 14.7. The second kappa shape index (κ2) is 9.08. The highest BCUT2D eigenvalue weighted by Gasteiger charge is 2.11. The molecule has 0 aliphatic carbocycles. The van der Waals surface area contributed by atoms with E-state index in [1.165, 1.54) is 4.90 Å². The lowest BCUT2D eigenvalue weighted by atomic mass is 10.1. The van der Waals surface area contributed by atoms with E-state index in [0.29, 0.717) is 17.4 Å². The van der Waals surface area contributed by atoms with Crippen LogP contribution in [0.1, 0.15) is 17.5 Å². The van der Waals surface area contributed by atoms with Crippen molar-refractivity contribution in [2.45, 2.75) is 19.4 Å². The van der Waals surface area contributed by atoms with Crippen molar-refractivity contribution in [2.24, 2.45) is 0 Å². The average molecular weight is 362 g/mol. The average Bonchev–Trinajstić information content (AvgIpc) is 2.59. The number of carbonyl (C=O) groups excluding carboxylic acids is 1. The predicted octanol–water partition coefficient (Wildman–Crippen LogP) is 3.39. The van der Waals surface area contributed by atoms with Crippen LogP contribution in [0.3, 0.4) is 0 Å². The summed E-state index contributed by atoms with van der Waals surface area (Å²) in [5.74, 6) is -0.405. The van der Waals surface area contributed by atoms with Gasteiger partial charge in [-0.1, -0.05) is 41.9 Å². The molecule has 1 N–H and O–H groups in total. The number of halogens is 1. The molecule has 2 aromatic rings. The molecule has 2 rings (SSSR count). The first kappa shape index (κ1) is 18.8. The number of hydrogen-bond acceptors (Lipinski definition) is 3. The molecule has 0 radical (unpaired) electrons. The van der Waals surface area contributed by atoms with Crippen LogP contribution in [0.15, 0.2) is 48.5 Å². The number of likely N-dealkylation sites (N-methyl/N-ethyl adjacent to an activating group) is 1. The lowest BCUT2D eigenvalue weighted by Crippen LogP contribution is -2.30. The number of aliphatic carboxylic acids is 1. The van der Waals surface area contributed by atoms with E-state index in [4.69, 9.17) is 21.4 Å². The zero-order valence-corrected chi connectivity index (χ0v) is 14.7. The van der Waals surface area contributed by atoms with Crippen LogP contribution in [-0.2, 0) is 22.6 Å². The molecule has 0 heterocycles. The molecule has 0 aliphatic heterocycles. The van der Waals surface area contributed by atoms with E-state index >= 15 is 0 Å². The minimum atomic E-state index is -0.922. The summed E-state index contributed by atoms with van der Waals surface area (Å²) >= 11 is 6.11. The Morgan fingerprint density at radius 1 is 1.16 bits per heavy atom. The van der Waals surface area contributed by atoms with Crippen molar-refractivity contribution in [1.29, 1.82) is 0 Å². The Balaban J connectivity index is 1.93. The summed E-state index contributed by atoms with van der Waals surface area (Å²) in [4.78, 5) is 24.1. The van der Waals surface area contributed by atoms with Crippen molar-refractivity contribution >= 4 is 23.5 Å². The number of carbonyl (C=O) groups is 2. The Kier molecular flexibility index (Phi) is 6.83. The van der Waals surface area contributed by atoms with Crippen LogP contribution in [0.4, 0.5) is 0 Å². The largest absolute Gasteiger partial charge is 0.489 e. The Labute approximate surface area is 151 Å². The van der Waals surface area contributed by atoms with Crippen LogP contribution in [0.5, 0.6) is 5.75 Å². The molecular formula is C19H20ClNO4. The molecule has 0 atom stereocenters. The maximum Gasteiger partial charge on any atom is 0.305 e. The van der Waals surface area contributed by atoms with Gasteiger partial charge in [-0.3, -0.25) is 9.59 Å². The van der Waals surface area contributed by atoms with Gasteiger partial charge in [-0.25, -0.2) is 0 Å². The standard InChI is InChI=1S/C19H20ClNO4/c1-21(10-9-19(23)24)18(22)12-14-5-4-7-16(11-14)25-13-15-6-2-3-8-17(15)20/h2-8,11H,9-10,12-13H2,1H3,(H,23,24). The predicted molar refractivity (Wildman–Crippen MR) is 95.8 cm³/mol. The molecule has 1 amide bonds. The fourth-order valence-corrected chi connectivity index (χ4v) is 2.41. The number of nitrogens with zero attached hydrogens (tertiary/aromatic N) is 1. The van der Waals surface area contributed by atoms with Crippen molar-refractivity contribution in [3.05, 3.63) is 64.7 Å². The minimum Gasteiger partial charge on any atom is -0.489 e. The number of rotatable bonds is 8. The Hall–Kier alpha value is -2.53. The van der Waals surface area contributed by atoms with Crippen molar-refractivity contribution in [3.63, 3.8) is 0 Å². The molecule has 132 valence electrons. The second-order valence-corrected chi connectivity index (χ2v) is 6.07. The van der Waals surface area contributed by atoms with E-state index in [1.54, 1.807) is 13.1 Å². The normalized spacial score (nSPS) is 10.3. The maximum atomic E-state index is 12.1. The van der Waals surface area contributed by atoms with E-state index in [1.807, 2.05) is 42.5 Å². The number of hydrogen-bond donors (Lipinski definition) is 1. The first-order chi connectivity index (χ1) is 12.0. The van der Waals surface area contributed by atoms with Gasteiger partial charge in [-0.15, -0.1) is 0 Å². The van der Waals surface area contributed by atoms with Gasteiger partial charge in [0.15, 0.2) is 0 Å². The molecule has 0 unspecified atom stereocenters. The van der Waals surface area contributed by atoms with Gasteiger partial charge in [-0.2, -0.15) is 0 Å². The third kappa shape index (κ3) is 6.12. The molecule has 2 aromatic carbocycles. The Morgan fingerprint density at radius 2 is 1.92 bits per heavy atom. The first-order valence-electron chi connectivity index (χ1n) is 7.86. The van der Waals surface area contributed by atoms with Gasteiger partial charge in [0.1, 0.15) is 12.4 Å². The van der Waals surface area contributed by atoms with Crippen LogP contribution < -0.4 is 4.74 Å². The highest BCUT2D eigenvalue weighted by molar-refractivity contribution is 6.31. The van der Waals surface area contributed by atoms with E-state index in [2.05, 4.69) is 0 Å². The molecule has 0 aromatic heterocycles. The summed E-state index contributed by atoms with van der Waals surface area (Å²) in [6.07, 6.45) is 0.128. The third-order valence-corrected chi connectivity index (χ3v) is 4.06. The van der Waals surface area contributed by atoms with Crippen LogP contribution in [0.2, 0.25) is 5.02 Å². The second-order valence-electron chi connectivity index (χ2n) is 5.66. The highest BCUT2D eigenvalue weighted by atomic mass is 35.5. The van der Waals surface area contributed by atoms with Crippen LogP contribution in [0, 0.1) is 0 Å². The molecule has 25 heavy (non-hydrogen) atoms. The van der Waals surface area contributed by atoms with Gasteiger partial charge in [0, 0.05) is 24.2 Å². The summed E-state index contributed by atoms with van der Waals surface area (Å²) in [6.45, 7) is 0.534. The Bertz CT molecular complexity index is 748. The molecule has 0 saturated heterocycles. The number of carboxylic acid groups (broad SMARTS) is 1. The fraction of sp³-hybridized carbons (Fsp3) is 0.263. The van der Waals surface area contributed by atoms with Gasteiger partial charge in [0.2, 0.25) is 5.91 Å². The lowest BCUT2D eigenvalue weighted by Gasteiger charge is -2.16. The van der Waals surface area contributed by atoms with Crippen molar-refractivity contribution in [2.75, 3.05) is 13.6 Å². The topological polar surface area (TPSA) is 66.8 Å². The van der Waals surface area contributed by atoms with Crippen LogP contribution >= 0.6 is 11.6 Å². The number of amides is 1. The van der Waals surface area contributed by atoms with E-state index in [0.717, 1.165) is 11.1 Å². The van der Waals surface area contributed by atoms with E-state index in [-0.39, 0.29) is 25.3 Å². The number of carboxylic acids is 1.